The number of anilines is 1. The molecule has 2 rings (SSSR count). The first-order chi connectivity index (χ1) is 8.88. The molecule has 0 amide bonds. The second kappa shape index (κ2) is 4.97. The van der Waals surface area contributed by atoms with Crippen LogP contribution in [-0.2, 0) is 5.92 Å². The smallest absolute Gasteiger partial charge is 0.285 e. The Labute approximate surface area is 110 Å². The largest absolute Gasteiger partial charge is 0.382 e. The van der Waals surface area contributed by atoms with Crippen molar-refractivity contribution in [3.8, 4) is 5.69 Å². The predicted octanol–water partition coefficient (Wildman–Crippen LogP) is 2.11. The van der Waals surface area contributed by atoms with Gasteiger partial charge in [-0.05, 0) is 26.2 Å². The summed E-state index contributed by atoms with van der Waals surface area (Å²) in [5.41, 5.74) is 6.20. The first kappa shape index (κ1) is 13.5. The van der Waals surface area contributed by atoms with E-state index >= 15 is 0 Å². The fourth-order valence-electron chi connectivity index (χ4n) is 1.83. The minimum Gasteiger partial charge on any atom is -0.382 e. The van der Waals surface area contributed by atoms with Gasteiger partial charge in [-0.2, -0.15) is 13.9 Å². The van der Waals surface area contributed by atoms with Gasteiger partial charge in [0, 0.05) is 17.8 Å². The molecule has 0 saturated heterocycles. The van der Waals surface area contributed by atoms with Crippen molar-refractivity contribution in [2.24, 2.45) is 0 Å². The lowest BCUT2D eigenvalue weighted by atomic mass is 10.1. The highest BCUT2D eigenvalue weighted by Gasteiger charge is 2.31. The molecule has 0 saturated carbocycles. The summed E-state index contributed by atoms with van der Waals surface area (Å²) in [6.45, 7) is -0.318. The van der Waals surface area contributed by atoms with Crippen LogP contribution in [0.3, 0.4) is 0 Å². The van der Waals surface area contributed by atoms with Crippen molar-refractivity contribution in [2.45, 2.75) is 5.92 Å². The first-order valence-electron chi connectivity index (χ1n) is 5.83. The highest BCUT2D eigenvalue weighted by atomic mass is 19.3. The molecule has 19 heavy (non-hydrogen) atoms. The van der Waals surface area contributed by atoms with E-state index in [-0.39, 0.29) is 12.1 Å². The maximum atomic E-state index is 13.9. The van der Waals surface area contributed by atoms with Crippen LogP contribution in [0.15, 0.2) is 36.5 Å². The molecule has 0 atom stereocenters. The fourth-order valence-corrected chi connectivity index (χ4v) is 1.83. The van der Waals surface area contributed by atoms with Crippen LogP contribution < -0.4 is 5.73 Å². The molecule has 0 aliphatic rings. The van der Waals surface area contributed by atoms with Gasteiger partial charge in [-0.25, -0.2) is 4.68 Å². The maximum Gasteiger partial charge on any atom is 0.285 e. The van der Waals surface area contributed by atoms with Gasteiger partial charge in [0.25, 0.3) is 5.92 Å². The maximum absolute atomic E-state index is 13.9. The normalized spacial score (nSPS) is 12.1. The average Bonchev–Trinajstić information content (AvgIpc) is 2.74. The van der Waals surface area contributed by atoms with Crippen molar-refractivity contribution in [1.82, 2.24) is 14.7 Å². The Kier molecular flexibility index (Phi) is 3.53. The molecule has 4 nitrogen and oxygen atoms in total. The molecule has 2 N–H and O–H groups in total. The van der Waals surface area contributed by atoms with Crippen molar-refractivity contribution in [3.05, 3.63) is 42.1 Å². The van der Waals surface area contributed by atoms with Crippen LogP contribution in [0, 0.1) is 0 Å². The molecule has 102 valence electrons. The van der Waals surface area contributed by atoms with Gasteiger partial charge in [-0.3, -0.25) is 0 Å². The lowest BCUT2D eigenvalue weighted by Gasteiger charge is -2.21. The highest BCUT2D eigenvalue weighted by Crippen LogP contribution is 2.29. The Bertz CT molecular complexity index is 546. The Morgan fingerprint density at radius 2 is 1.84 bits per heavy atom. The van der Waals surface area contributed by atoms with E-state index in [4.69, 9.17) is 5.73 Å². The topological polar surface area (TPSA) is 47.1 Å². The number of nitrogens with two attached hydrogens (primary N) is 1. The van der Waals surface area contributed by atoms with Gasteiger partial charge in [-0.15, -0.1) is 0 Å². The third kappa shape index (κ3) is 3.08. The number of alkyl halides is 2. The van der Waals surface area contributed by atoms with E-state index in [0.717, 1.165) is 0 Å². The van der Waals surface area contributed by atoms with Crippen molar-refractivity contribution in [1.29, 1.82) is 0 Å². The number of likely N-dealkylation sites (N-methyl/N-ethyl adjacent to an activating group) is 1. The van der Waals surface area contributed by atoms with Crippen LogP contribution in [0.2, 0.25) is 0 Å². The number of rotatable bonds is 4. The molecule has 0 unspecified atom stereocenters. The molecule has 0 aliphatic heterocycles. The monoisotopic (exact) mass is 266 g/mol. The fraction of sp³-hybridized carbons (Fsp3) is 0.308. The predicted molar refractivity (Wildman–Crippen MR) is 70.4 cm³/mol. The zero-order valence-corrected chi connectivity index (χ0v) is 10.8. The molecular formula is C13H16F2N4. The number of nitrogen functional groups attached to an aromatic ring is 1. The van der Waals surface area contributed by atoms with Crippen LogP contribution in [0.25, 0.3) is 5.69 Å². The first-order valence-corrected chi connectivity index (χ1v) is 5.83. The van der Waals surface area contributed by atoms with Crippen LogP contribution >= 0.6 is 0 Å². The van der Waals surface area contributed by atoms with Gasteiger partial charge in [0.15, 0.2) is 0 Å². The van der Waals surface area contributed by atoms with Crippen LogP contribution in [0.4, 0.5) is 14.6 Å². The van der Waals surface area contributed by atoms with Crippen LogP contribution in [0.1, 0.15) is 5.56 Å². The average molecular weight is 266 g/mol. The molecule has 0 bridgehead atoms. The molecule has 1 aromatic heterocycles. The van der Waals surface area contributed by atoms with Crippen LogP contribution in [-0.4, -0.2) is 35.3 Å². The number of hydrogen-bond donors (Lipinski definition) is 1. The molecule has 1 aromatic carbocycles. The number of halogens is 2. The highest BCUT2D eigenvalue weighted by molar-refractivity contribution is 5.38. The lowest BCUT2D eigenvalue weighted by Crippen LogP contribution is -2.29. The molecule has 0 radical (unpaired) electrons. The van der Waals surface area contributed by atoms with Gasteiger partial charge >= 0.3 is 0 Å². The third-order valence-electron chi connectivity index (χ3n) is 2.68. The molecule has 2 aromatic rings. The lowest BCUT2D eigenvalue weighted by molar-refractivity contribution is -0.0269. The summed E-state index contributed by atoms with van der Waals surface area (Å²) in [5, 5.41) is 4.02. The Hall–Kier alpha value is -1.95. The van der Waals surface area contributed by atoms with Gasteiger partial charge in [0.05, 0.1) is 12.2 Å². The second-order valence-corrected chi connectivity index (χ2v) is 4.67. The summed E-state index contributed by atoms with van der Waals surface area (Å²) < 4.78 is 29.3. The van der Waals surface area contributed by atoms with E-state index in [2.05, 4.69) is 5.10 Å². The molecule has 6 heteroatoms. The molecular weight excluding hydrogens is 250 g/mol. The quantitative estimate of drug-likeness (QED) is 0.922. The van der Waals surface area contributed by atoms with Crippen LogP contribution in [0.5, 0.6) is 0 Å². The molecule has 0 spiro atoms. The number of aromatic nitrogens is 2. The van der Waals surface area contributed by atoms with Crippen molar-refractivity contribution >= 4 is 5.82 Å². The summed E-state index contributed by atoms with van der Waals surface area (Å²) >= 11 is 0. The standard InChI is InChI=1S/C13H16F2N4/c1-18(2)9-13(14,15)10-3-5-11(6-4-10)19-8-7-12(16)17-19/h3-8H,9H2,1-2H3,(H2,16,17). The summed E-state index contributed by atoms with van der Waals surface area (Å²) in [4.78, 5) is 1.46. The SMILES string of the molecule is CN(C)CC(F)(F)c1ccc(-n2ccc(N)n2)cc1. The number of nitrogens with zero attached hydrogens (tertiary/aromatic N) is 3. The Morgan fingerprint density at radius 1 is 1.21 bits per heavy atom. The third-order valence-corrected chi connectivity index (χ3v) is 2.68. The molecule has 0 aliphatic carbocycles. The van der Waals surface area contributed by atoms with E-state index in [0.29, 0.717) is 11.5 Å². The zero-order chi connectivity index (χ0) is 14.0. The summed E-state index contributed by atoms with van der Waals surface area (Å²) in [5.74, 6) is -2.48. The number of hydrogen-bond acceptors (Lipinski definition) is 3. The van der Waals surface area contributed by atoms with E-state index in [1.807, 2.05) is 0 Å². The molecule has 0 fully saturated rings. The minimum absolute atomic E-state index is 0.00919. The van der Waals surface area contributed by atoms with E-state index in [1.54, 1.807) is 43.2 Å². The van der Waals surface area contributed by atoms with Gasteiger partial charge in [0.2, 0.25) is 0 Å². The van der Waals surface area contributed by atoms with Gasteiger partial charge < -0.3 is 10.6 Å². The van der Waals surface area contributed by atoms with E-state index in [1.165, 1.54) is 17.0 Å². The Morgan fingerprint density at radius 3 is 2.32 bits per heavy atom. The van der Waals surface area contributed by atoms with Crippen molar-refractivity contribution in [3.63, 3.8) is 0 Å². The van der Waals surface area contributed by atoms with Gasteiger partial charge in [0.1, 0.15) is 5.82 Å². The summed E-state index contributed by atoms with van der Waals surface area (Å²) in [6, 6.07) is 7.68. The molecule has 1 heterocycles. The number of benzene rings is 1. The van der Waals surface area contributed by atoms with E-state index < -0.39 is 5.92 Å². The summed E-state index contributed by atoms with van der Waals surface area (Å²) in [6.07, 6.45) is 1.68. The van der Waals surface area contributed by atoms with Crippen molar-refractivity contribution < 1.29 is 8.78 Å². The minimum atomic E-state index is -2.87. The second-order valence-electron chi connectivity index (χ2n) is 4.67. The zero-order valence-electron chi connectivity index (χ0n) is 10.8. The van der Waals surface area contributed by atoms with Gasteiger partial charge in [-0.1, -0.05) is 12.1 Å². The summed E-state index contributed by atoms with van der Waals surface area (Å²) in [7, 11) is 3.24. The Balaban J connectivity index is 2.23. The van der Waals surface area contributed by atoms with E-state index in [9.17, 15) is 8.78 Å². The van der Waals surface area contributed by atoms with Crippen molar-refractivity contribution in [2.75, 3.05) is 26.4 Å².